The fourth-order valence-electron chi connectivity index (χ4n) is 1.29. The molecule has 0 amide bonds. The summed E-state index contributed by atoms with van der Waals surface area (Å²) in [5, 5.41) is 10.1. The standard InChI is InChI=1S/C13H11FO2/c1-13(2,15)6-5-11-8-9-7-10(14)3-4-12(9)16-11/h3-4,7-8,15H,1-2H3. The number of rotatable bonds is 0. The van der Waals surface area contributed by atoms with Crippen LogP contribution in [0.5, 0.6) is 0 Å². The minimum Gasteiger partial charge on any atom is -0.448 e. The summed E-state index contributed by atoms with van der Waals surface area (Å²) in [7, 11) is 0. The molecule has 2 nitrogen and oxygen atoms in total. The summed E-state index contributed by atoms with van der Waals surface area (Å²) in [6.45, 7) is 3.17. The Labute approximate surface area is 92.7 Å². The van der Waals surface area contributed by atoms with Gasteiger partial charge in [-0.2, -0.15) is 0 Å². The minimum atomic E-state index is -1.07. The Hall–Kier alpha value is -1.79. The molecule has 0 aliphatic heterocycles. The molecule has 0 bridgehead atoms. The highest BCUT2D eigenvalue weighted by molar-refractivity contribution is 5.78. The van der Waals surface area contributed by atoms with E-state index in [9.17, 15) is 9.50 Å². The molecule has 0 unspecified atom stereocenters. The van der Waals surface area contributed by atoms with Gasteiger partial charge in [-0.05, 0) is 38.0 Å². The number of hydrogen-bond donors (Lipinski definition) is 1. The topological polar surface area (TPSA) is 33.4 Å². The van der Waals surface area contributed by atoms with Crippen molar-refractivity contribution in [1.29, 1.82) is 0 Å². The second-order valence-electron chi connectivity index (χ2n) is 4.10. The van der Waals surface area contributed by atoms with E-state index in [1.807, 2.05) is 0 Å². The Morgan fingerprint density at radius 1 is 1.31 bits per heavy atom. The normalized spacial score (nSPS) is 11.2. The number of halogens is 1. The van der Waals surface area contributed by atoms with Crippen LogP contribution >= 0.6 is 0 Å². The molecule has 1 heterocycles. The van der Waals surface area contributed by atoms with Crippen LogP contribution in [0.3, 0.4) is 0 Å². The van der Waals surface area contributed by atoms with E-state index in [0.29, 0.717) is 16.7 Å². The first kappa shape index (κ1) is 10.7. The number of aliphatic hydroxyl groups is 1. The number of benzene rings is 1. The molecule has 0 aliphatic rings. The maximum atomic E-state index is 12.9. The van der Waals surface area contributed by atoms with Gasteiger partial charge < -0.3 is 9.52 Å². The molecule has 0 saturated heterocycles. The van der Waals surface area contributed by atoms with Gasteiger partial charge in [0.2, 0.25) is 0 Å². The Kier molecular flexibility index (Phi) is 2.45. The number of fused-ring (bicyclic) bond motifs is 1. The SMILES string of the molecule is CC(C)(O)C#Cc1cc2cc(F)ccc2o1. The van der Waals surface area contributed by atoms with Gasteiger partial charge in [0.25, 0.3) is 0 Å². The van der Waals surface area contributed by atoms with Crippen LogP contribution in [-0.2, 0) is 0 Å². The summed E-state index contributed by atoms with van der Waals surface area (Å²) in [5.41, 5.74) is -0.481. The van der Waals surface area contributed by atoms with Crippen LogP contribution in [0, 0.1) is 17.7 Å². The lowest BCUT2D eigenvalue weighted by atomic mass is 10.1. The molecule has 2 aromatic rings. The van der Waals surface area contributed by atoms with Crippen molar-refractivity contribution < 1.29 is 13.9 Å². The molecule has 0 saturated carbocycles. The third kappa shape index (κ3) is 2.41. The van der Waals surface area contributed by atoms with Crippen LogP contribution in [0.25, 0.3) is 11.0 Å². The largest absolute Gasteiger partial charge is 0.448 e. The first-order chi connectivity index (χ1) is 7.44. The van der Waals surface area contributed by atoms with Gasteiger partial charge in [-0.1, -0.05) is 5.92 Å². The summed E-state index contributed by atoms with van der Waals surface area (Å²) >= 11 is 0. The molecule has 1 aromatic carbocycles. The predicted octanol–water partition coefficient (Wildman–Crippen LogP) is 2.69. The lowest BCUT2D eigenvalue weighted by Gasteiger charge is -2.05. The first-order valence-corrected chi connectivity index (χ1v) is 4.89. The van der Waals surface area contributed by atoms with Gasteiger partial charge in [-0.15, -0.1) is 0 Å². The van der Waals surface area contributed by atoms with Gasteiger partial charge in [-0.3, -0.25) is 0 Å². The minimum absolute atomic E-state index is 0.310. The van der Waals surface area contributed by atoms with Crippen LogP contribution in [0.1, 0.15) is 19.6 Å². The highest BCUT2D eigenvalue weighted by Gasteiger charge is 2.07. The zero-order valence-electron chi connectivity index (χ0n) is 9.04. The molecular weight excluding hydrogens is 207 g/mol. The number of furan rings is 1. The van der Waals surface area contributed by atoms with Crippen molar-refractivity contribution in [1.82, 2.24) is 0 Å². The molecule has 0 aliphatic carbocycles. The summed E-state index contributed by atoms with van der Waals surface area (Å²) in [4.78, 5) is 0. The van der Waals surface area contributed by atoms with Crippen LogP contribution in [0.4, 0.5) is 4.39 Å². The zero-order chi connectivity index (χ0) is 11.8. The second kappa shape index (κ2) is 3.66. The average Bonchev–Trinajstić information content (AvgIpc) is 2.55. The Bertz CT molecular complexity index is 579. The van der Waals surface area contributed by atoms with Crippen LogP contribution in [-0.4, -0.2) is 10.7 Å². The molecule has 0 atom stereocenters. The van der Waals surface area contributed by atoms with Gasteiger partial charge in [0.15, 0.2) is 5.76 Å². The van der Waals surface area contributed by atoms with E-state index < -0.39 is 5.60 Å². The molecule has 82 valence electrons. The van der Waals surface area contributed by atoms with Gasteiger partial charge in [0, 0.05) is 11.5 Å². The molecule has 1 aromatic heterocycles. The maximum absolute atomic E-state index is 12.9. The fourth-order valence-corrected chi connectivity index (χ4v) is 1.29. The van der Waals surface area contributed by atoms with E-state index in [1.54, 1.807) is 26.0 Å². The summed E-state index contributed by atoms with van der Waals surface area (Å²) in [6, 6.07) is 5.92. The second-order valence-corrected chi connectivity index (χ2v) is 4.10. The summed E-state index contributed by atoms with van der Waals surface area (Å²) in [5.74, 6) is 5.45. The van der Waals surface area contributed by atoms with Crippen molar-refractivity contribution in [3.8, 4) is 11.8 Å². The van der Waals surface area contributed by atoms with Gasteiger partial charge in [-0.25, -0.2) is 4.39 Å². The predicted molar refractivity (Wildman–Crippen MR) is 59.3 cm³/mol. The summed E-state index contributed by atoms with van der Waals surface area (Å²) in [6.07, 6.45) is 0. The summed E-state index contributed by atoms with van der Waals surface area (Å²) < 4.78 is 18.3. The van der Waals surface area contributed by atoms with Crippen molar-refractivity contribution in [3.63, 3.8) is 0 Å². The lowest BCUT2D eigenvalue weighted by Crippen LogP contribution is -2.14. The number of hydrogen-bond acceptors (Lipinski definition) is 2. The van der Waals surface area contributed by atoms with Crippen LogP contribution in [0.2, 0.25) is 0 Å². The first-order valence-electron chi connectivity index (χ1n) is 4.89. The van der Waals surface area contributed by atoms with Gasteiger partial charge >= 0.3 is 0 Å². The van der Waals surface area contributed by atoms with Crippen molar-refractivity contribution in [3.05, 3.63) is 35.8 Å². The van der Waals surface area contributed by atoms with Crippen molar-refractivity contribution >= 4 is 11.0 Å². The third-order valence-electron chi connectivity index (χ3n) is 1.97. The molecule has 16 heavy (non-hydrogen) atoms. The highest BCUT2D eigenvalue weighted by Crippen LogP contribution is 2.19. The van der Waals surface area contributed by atoms with E-state index in [1.165, 1.54) is 12.1 Å². The maximum Gasteiger partial charge on any atom is 0.178 e. The smallest absolute Gasteiger partial charge is 0.178 e. The van der Waals surface area contributed by atoms with Crippen LogP contribution in [0.15, 0.2) is 28.7 Å². The molecule has 0 spiro atoms. The van der Waals surface area contributed by atoms with E-state index in [4.69, 9.17) is 4.42 Å². The Morgan fingerprint density at radius 3 is 2.75 bits per heavy atom. The van der Waals surface area contributed by atoms with E-state index >= 15 is 0 Å². The van der Waals surface area contributed by atoms with Gasteiger partial charge in [0.1, 0.15) is 17.0 Å². The van der Waals surface area contributed by atoms with Gasteiger partial charge in [0.05, 0.1) is 0 Å². The Morgan fingerprint density at radius 2 is 2.06 bits per heavy atom. The monoisotopic (exact) mass is 218 g/mol. The molecular formula is C13H11FO2. The van der Waals surface area contributed by atoms with E-state index in [2.05, 4.69) is 11.8 Å². The molecule has 0 radical (unpaired) electrons. The molecule has 0 fully saturated rings. The average molecular weight is 218 g/mol. The van der Waals surface area contributed by atoms with Crippen molar-refractivity contribution in [2.45, 2.75) is 19.4 Å². The lowest BCUT2D eigenvalue weighted by molar-refractivity contribution is 0.143. The Balaban J connectivity index is 2.43. The highest BCUT2D eigenvalue weighted by atomic mass is 19.1. The van der Waals surface area contributed by atoms with E-state index in [0.717, 1.165) is 0 Å². The van der Waals surface area contributed by atoms with E-state index in [-0.39, 0.29) is 5.82 Å². The van der Waals surface area contributed by atoms with Crippen molar-refractivity contribution in [2.75, 3.05) is 0 Å². The fraction of sp³-hybridized carbons (Fsp3) is 0.231. The third-order valence-corrected chi connectivity index (χ3v) is 1.97. The van der Waals surface area contributed by atoms with Crippen molar-refractivity contribution in [2.24, 2.45) is 0 Å². The molecule has 3 heteroatoms. The molecule has 1 N–H and O–H groups in total. The van der Waals surface area contributed by atoms with Crippen LogP contribution < -0.4 is 0 Å². The quantitative estimate of drug-likeness (QED) is 0.690. The molecule has 2 rings (SSSR count). The zero-order valence-corrected chi connectivity index (χ0v) is 9.04.